The summed E-state index contributed by atoms with van der Waals surface area (Å²) in [5.41, 5.74) is -0.581. The first-order chi connectivity index (χ1) is 18.8. The van der Waals surface area contributed by atoms with E-state index in [9.17, 15) is 22.8 Å². The minimum Gasteiger partial charge on any atom is -0.322 e. The fourth-order valence-electron chi connectivity index (χ4n) is 4.73. The lowest BCUT2D eigenvalue weighted by atomic mass is 10.0. The van der Waals surface area contributed by atoms with E-state index in [2.05, 4.69) is 32.1 Å². The van der Waals surface area contributed by atoms with Crippen LogP contribution in [0.1, 0.15) is 54.1 Å². The molecule has 8 nitrogen and oxygen atoms in total. The highest BCUT2D eigenvalue weighted by molar-refractivity contribution is 6.04. The normalized spacial score (nSPS) is 15.5. The number of pyridine rings is 1. The van der Waals surface area contributed by atoms with E-state index in [0.717, 1.165) is 19.0 Å². The minimum atomic E-state index is -4.74. The summed E-state index contributed by atoms with van der Waals surface area (Å²) in [6, 6.07) is 10.6. The van der Waals surface area contributed by atoms with Gasteiger partial charge in [0.1, 0.15) is 17.2 Å². The molecule has 5 rings (SSSR count). The zero-order valence-corrected chi connectivity index (χ0v) is 20.9. The maximum absolute atomic E-state index is 14.1. The molecule has 4 heterocycles. The van der Waals surface area contributed by atoms with Gasteiger partial charge in [0.25, 0.3) is 11.8 Å². The van der Waals surface area contributed by atoms with E-state index in [1.54, 1.807) is 48.4 Å². The second-order valence-corrected chi connectivity index (χ2v) is 8.94. The smallest absolute Gasteiger partial charge is 0.322 e. The number of carbonyl (C=O) groups excluding carboxylic acids is 2. The zero-order valence-electron chi connectivity index (χ0n) is 20.9. The third-order valence-corrected chi connectivity index (χ3v) is 6.47. The number of anilines is 1. The molecule has 1 aliphatic rings. The lowest BCUT2D eigenvalue weighted by Crippen LogP contribution is -2.38. The number of carbonyl (C=O) groups is 2. The third kappa shape index (κ3) is 5.18. The van der Waals surface area contributed by atoms with Crippen LogP contribution in [-0.4, -0.2) is 42.6 Å². The van der Waals surface area contributed by atoms with Gasteiger partial charge in [-0.25, -0.2) is 15.0 Å². The Balaban J connectivity index is 1.59. The molecule has 4 aromatic rings. The van der Waals surface area contributed by atoms with Crippen molar-refractivity contribution < 1.29 is 22.8 Å². The van der Waals surface area contributed by atoms with Gasteiger partial charge in [-0.2, -0.15) is 13.2 Å². The largest absolute Gasteiger partial charge is 0.435 e. The van der Waals surface area contributed by atoms with Crippen LogP contribution in [0.3, 0.4) is 0 Å². The summed E-state index contributed by atoms with van der Waals surface area (Å²) in [4.78, 5) is 39.3. The molecule has 0 saturated carbocycles. The van der Waals surface area contributed by atoms with Gasteiger partial charge < -0.3 is 10.2 Å². The molecule has 1 N–H and O–H groups in total. The molecule has 2 amide bonds. The number of alkyl halides is 3. The van der Waals surface area contributed by atoms with Crippen LogP contribution < -0.4 is 5.32 Å². The van der Waals surface area contributed by atoms with Gasteiger partial charge >= 0.3 is 6.18 Å². The molecule has 1 atom stereocenters. The number of aromatic nitrogens is 4. The first-order valence-electron chi connectivity index (χ1n) is 12.3. The molecule has 198 valence electrons. The maximum atomic E-state index is 14.1. The summed E-state index contributed by atoms with van der Waals surface area (Å²) < 4.78 is 43.7. The molecular weight excluding hydrogens is 509 g/mol. The zero-order chi connectivity index (χ0) is 27.6. The van der Waals surface area contributed by atoms with Crippen LogP contribution in [0.5, 0.6) is 0 Å². The summed E-state index contributed by atoms with van der Waals surface area (Å²) >= 11 is 0. The van der Waals surface area contributed by atoms with E-state index in [0.29, 0.717) is 35.7 Å². The molecule has 0 spiro atoms. The van der Waals surface area contributed by atoms with Crippen LogP contribution in [0.2, 0.25) is 0 Å². The summed E-state index contributed by atoms with van der Waals surface area (Å²) in [6.07, 6.45) is 1.39. The lowest BCUT2D eigenvalue weighted by molar-refractivity contribution is -0.140. The monoisotopic (exact) mass is 532 g/mol. The predicted octanol–water partition coefficient (Wildman–Crippen LogP) is 5.14. The molecular formula is C28H23F3N6O2. The van der Waals surface area contributed by atoms with Gasteiger partial charge in [-0.15, -0.1) is 0 Å². The van der Waals surface area contributed by atoms with Crippen LogP contribution in [0.25, 0.3) is 16.8 Å². The standard InChI is InChI=1S/C28H23F3N6O2/c1-2-7-22(38)36-16-6-4-8-20(36)26-35-23(24-25(28(29,30)31)33-15-17-37(24)26)18-10-12-19(13-11-18)27(39)34-21-9-3-5-14-32-21/h3,5,9-15,17,20H,4,6,8,16H2,1H3,(H,32,34,39)/t20-/m0/s1. The molecule has 1 aromatic carbocycles. The number of nitrogens with one attached hydrogen (secondary N) is 1. The van der Waals surface area contributed by atoms with Crippen LogP contribution in [0.4, 0.5) is 19.0 Å². The molecule has 0 radical (unpaired) electrons. The van der Waals surface area contributed by atoms with Crippen molar-refractivity contribution in [3.63, 3.8) is 0 Å². The number of benzene rings is 1. The summed E-state index contributed by atoms with van der Waals surface area (Å²) in [7, 11) is 0. The average molecular weight is 533 g/mol. The van der Waals surface area contributed by atoms with E-state index in [1.165, 1.54) is 22.7 Å². The number of imidazole rings is 1. The number of piperidine rings is 1. The first-order valence-corrected chi connectivity index (χ1v) is 12.3. The summed E-state index contributed by atoms with van der Waals surface area (Å²) in [5, 5.41) is 2.67. The molecule has 1 aliphatic heterocycles. The second kappa shape index (κ2) is 10.6. The van der Waals surface area contributed by atoms with E-state index in [-0.39, 0.29) is 11.2 Å². The Morgan fingerprint density at radius 3 is 2.54 bits per heavy atom. The Hall–Kier alpha value is -4.72. The van der Waals surface area contributed by atoms with Crippen molar-refractivity contribution in [1.29, 1.82) is 0 Å². The highest BCUT2D eigenvalue weighted by atomic mass is 19.4. The number of likely N-dealkylation sites (tertiary alicyclic amines) is 1. The van der Waals surface area contributed by atoms with E-state index in [4.69, 9.17) is 0 Å². The van der Waals surface area contributed by atoms with Crippen molar-refractivity contribution in [2.45, 2.75) is 38.4 Å². The van der Waals surface area contributed by atoms with Gasteiger partial charge in [0.15, 0.2) is 5.69 Å². The summed E-state index contributed by atoms with van der Waals surface area (Å²) in [6.45, 7) is 1.99. The topological polar surface area (TPSA) is 92.5 Å². The molecule has 39 heavy (non-hydrogen) atoms. The number of fused-ring (bicyclic) bond motifs is 1. The molecule has 0 bridgehead atoms. The Labute approximate surface area is 221 Å². The lowest BCUT2D eigenvalue weighted by Gasteiger charge is -2.33. The van der Waals surface area contributed by atoms with Gasteiger partial charge in [-0.1, -0.05) is 24.1 Å². The minimum absolute atomic E-state index is 0.0571. The molecule has 11 heteroatoms. The molecule has 0 unspecified atom stereocenters. The highest BCUT2D eigenvalue weighted by Crippen LogP contribution is 2.39. The van der Waals surface area contributed by atoms with Crippen molar-refractivity contribution in [1.82, 2.24) is 24.3 Å². The van der Waals surface area contributed by atoms with Crippen LogP contribution in [0.15, 0.2) is 61.1 Å². The number of hydrogen-bond acceptors (Lipinski definition) is 5. The van der Waals surface area contributed by atoms with E-state index >= 15 is 0 Å². The maximum Gasteiger partial charge on any atom is 0.435 e. The van der Waals surface area contributed by atoms with Crippen molar-refractivity contribution in [3.8, 4) is 23.1 Å². The average Bonchev–Trinajstić information content (AvgIpc) is 3.33. The van der Waals surface area contributed by atoms with Crippen molar-refractivity contribution in [2.24, 2.45) is 0 Å². The summed E-state index contributed by atoms with van der Waals surface area (Å²) in [5.74, 6) is 5.00. The van der Waals surface area contributed by atoms with Crippen LogP contribution >= 0.6 is 0 Å². The van der Waals surface area contributed by atoms with Gasteiger partial charge in [-0.3, -0.25) is 14.0 Å². The highest BCUT2D eigenvalue weighted by Gasteiger charge is 2.39. The SMILES string of the molecule is CC#CC(=O)N1CCCC[C@H]1c1nc(-c2ccc(C(=O)Nc3ccccn3)cc2)c2c(C(F)(F)F)nccn12. The molecule has 0 aliphatic carbocycles. The molecule has 1 saturated heterocycles. The number of halogens is 3. The van der Waals surface area contributed by atoms with Crippen LogP contribution in [0, 0.1) is 11.8 Å². The fourth-order valence-corrected chi connectivity index (χ4v) is 4.73. The Bertz CT molecular complexity index is 1590. The molecule has 3 aromatic heterocycles. The van der Waals surface area contributed by atoms with Gasteiger partial charge in [-0.05, 0) is 56.4 Å². The Morgan fingerprint density at radius 1 is 1.05 bits per heavy atom. The Morgan fingerprint density at radius 2 is 1.85 bits per heavy atom. The van der Waals surface area contributed by atoms with Gasteiger partial charge in [0.2, 0.25) is 0 Å². The fraction of sp³-hybridized carbons (Fsp3) is 0.250. The van der Waals surface area contributed by atoms with Crippen molar-refractivity contribution in [3.05, 3.63) is 78.1 Å². The quantitative estimate of drug-likeness (QED) is 0.368. The van der Waals surface area contributed by atoms with Crippen LogP contribution in [-0.2, 0) is 11.0 Å². The first kappa shape index (κ1) is 25.9. The number of nitrogens with zero attached hydrogens (tertiary/aromatic N) is 5. The van der Waals surface area contributed by atoms with Gasteiger partial charge in [0.05, 0.1) is 11.7 Å². The van der Waals surface area contributed by atoms with E-state index < -0.39 is 29.7 Å². The molecule has 1 fully saturated rings. The predicted molar refractivity (Wildman–Crippen MR) is 137 cm³/mol. The van der Waals surface area contributed by atoms with Gasteiger partial charge in [0, 0.05) is 36.3 Å². The number of amides is 2. The third-order valence-electron chi connectivity index (χ3n) is 6.47. The van der Waals surface area contributed by atoms with Crippen molar-refractivity contribution >= 4 is 23.1 Å². The number of hydrogen-bond donors (Lipinski definition) is 1. The Kier molecular flexibility index (Phi) is 7.02. The second-order valence-electron chi connectivity index (χ2n) is 8.94. The number of rotatable bonds is 4. The van der Waals surface area contributed by atoms with Crippen molar-refractivity contribution in [2.75, 3.05) is 11.9 Å². The van der Waals surface area contributed by atoms with E-state index in [1.807, 2.05) is 0 Å².